The average Bonchev–Trinajstić information content (AvgIpc) is 3.08. The van der Waals surface area contributed by atoms with E-state index in [9.17, 15) is 14.7 Å². The van der Waals surface area contributed by atoms with Crippen molar-refractivity contribution in [2.24, 2.45) is 0 Å². The van der Waals surface area contributed by atoms with Crippen LogP contribution in [-0.2, 0) is 16.0 Å². The fraction of sp³-hybridized carbons (Fsp3) is 0.185. The van der Waals surface area contributed by atoms with E-state index >= 15 is 0 Å². The van der Waals surface area contributed by atoms with E-state index < -0.39 is 17.7 Å². The number of carbonyl (C=O) groups excluding carboxylic acids is 2. The first-order valence-corrected chi connectivity index (χ1v) is 11.1. The fourth-order valence-electron chi connectivity index (χ4n) is 4.06. The summed E-state index contributed by atoms with van der Waals surface area (Å²) in [5.41, 5.74) is 3.39. The molecule has 0 radical (unpaired) electrons. The van der Waals surface area contributed by atoms with Gasteiger partial charge in [-0.25, -0.2) is 0 Å². The number of aliphatic hydroxyl groups is 1. The zero-order valence-corrected chi connectivity index (χ0v) is 19.3. The lowest BCUT2D eigenvalue weighted by Gasteiger charge is -2.26. The van der Waals surface area contributed by atoms with Gasteiger partial charge < -0.3 is 14.9 Å². The highest BCUT2D eigenvalue weighted by Gasteiger charge is 2.45. The van der Waals surface area contributed by atoms with Crippen molar-refractivity contribution in [2.75, 3.05) is 25.5 Å². The van der Waals surface area contributed by atoms with Gasteiger partial charge in [-0.1, -0.05) is 66.2 Å². The molecule has 4 rings (SSSR count). The molecule has 0 saturated carbocycles. The Morgan fingerprint density at radius 3 is 2.18 bits per heavy atom. The molecule has 1 aliphatic heterocycles. The fourth-order valence-corrected chi connectivity index (χ4v) is 4.19. The SMILES string of the molecule is CN(C)c1ccc(C2/C(=C(/O)c3ccccc3)C(=O)C(=O)N2CCc2ccc(Cl)cc2)cc1. The Bertz CT molecular complexity index is 1190. The first-order chi connectivity index (χ1) is 15.9. The van der Waals surface area contributed by atoms with Gasteiger partial charge in [0.1, 0.15) is 5.76 Å². The van der Waals surface area contributed by atoms with E-state index in [4.69, 9.17) is 11.6 Å². The summed E-state index contributed by atoms with van der Waals surface area (Å²) in [6.07, 6.45) is 0.557. The van der Waals surface area contributed by atoms with E-state index in [2.05, 4.69) is 0 Å². The van der Waals surface area contributed by atoms with E-state index in [0.29, 0.717) is 23.6 Å². The Morgan fingerprint density at radius 1 is 0.939 bits per heavy atom. The molecule has 3 aromatic rings. The van der Waals surface area contributed by atoms with Crippen molar-refractivity contribution in [3.63, 3.8) is 0 Å². The summed E-state index contributed by atoms with van der Waals surface area (Å²) in [6.45, 7) is 0.331. The number of rotatable bonds is 6. The van der Waals surface area contributed by atoms with Crippen LogP contribution in [0.2, 0.25) is 5.02 Å². The standard InChI is InChI=1S/C27H25ClN2O3/c1-29(2)22-14-10-19(11-15-22)24-23(25(31)20-6-4-3-5-7-20)26(32)27(33)30(24)17-16-18-8-12-21(28)13-9-18/h3-15,24,31H,16-17H2,1-2H3/b25-23-. The van der Waals surface area contributed by atoms with Gasteiger partial charge >= 0.3 is 0 Å². The summed E-state index contributed by atoms with van der Waals surface area (Å²) in [7, 11) is 3.89. The lowest BCUT2D eigenvalue weighted by atomic mass is 9.95. The Balaban J connectivity index is 1.76. The summed E-state index contributed by atoms with van der Waals surface area (Å²) in [4.78, 5) is 29.7. The molecule has 1 amide bonds. The number of aliphatic hydroxyl groups excluding tert-OH is 1. The van der Waals surface area contributed by atoms with Crippen LogP contribution < -0.4 is 4.90 Å². The second-order valence-corrected chi connectivity index (χ2v) is 8.66. The molecule has 1 saturated heterocycles. The minimum Gasteiger partial charge on any atom is -0.507 e. The summed E-state index contributed by atoms with van der Waals surface area (Å²) in [6, 6.07) is 23.3. The summed E-state index contributed by atoms with van der Waals surface area (Å²) in [5, 5.41) is 11.7. The maximum Gasteiger partial charge on any atom is 0.295 e. The van der Waals surface area contributed by atoms with Crippen LogP contribution in [0.1, 0.15) is 22.7 Å². The molecule has 6 heteroatoms. The van der Waals surface area contributed by atoms with Crippen molar-refractivity contribution >= 4 is 34.7 Å². The van der Waals surface area contributed by atoms with Crippen molar-refractivity contribution in [1.29, 1.82) is 0 Å². The zero-order chi connectivity index (χ0) is 23.5. The molecule has 0 aromatic heterocycles. The quantitative estimate of drug-likeness (QED) is 0.317. The van der Waals surface area contributed by atoms with Gasteiger partial charge in [-0.05, 0) is 41.8 Å². The van der Waals surface area contributed by atoms with Gasteiger partial charge in [0.15, 0.2) is 0 Å². The van der Waals surface area contributed by atoms with Crippen LogP contribution in [0, 0.1) is 0 Å². The first-order valence-electron chi connectivity index (χ1n) is 10.7. The van der Waals surface area contributed by atoms with Crippen molar-refractivity contribution in [3.8, 4) is 0 Å². The number of hydrogen-bond acceptors (Lipinski definition) is 4. The van der Waals surface area contributed by atoms with Crippen molar-refractivity contribution in [3.05, 3.63) is 106 Å². The number of amides is 1. The molecule has 1 atom stereocenters. The number of anilines is 1. The molecule has 1 N–H and O–H groups in total. The first kappa shape index (κ1) is 22.6. The van der Waals surface area contributed by atoms with Gasteiger partial charge in [0, 0.05) is 36.9 Å². The predicted octanol–water partition coefficient (Wildman–Crippen LogP) is 5.07. The number of halogens is 1. The van der Waals surface area contributed by atoms with E-state index in [1.807, 2.05) is 61.5 Å². The number of nitrogens with zero attached hydrogens (tertiary/aromatic N) is 2. The smallest absolute Gasteiger partial charge is 0.295 e. The Kier molecular flexibility index (Phi) is 6.52. The van der Waals surface area contributed by atoms with Crippen molar-refractivity contribution in [2.45, 2.75) is 12.5 Å². The zero-order valence-electron chi connectivity index (χ0n) is 18.5. The molecule has 168 valence electrons. The molecule has 0 spiro atoms. The molecule has 0 bridgehead atoms. The molecule has 33 heavy (non-hydrogen) atoms. The van der Waals surface area contributed by atoms with Gasteiger partial charge in [-0.3, -0.25) is 9.59 Å². The van der Waals surface area contributed by atoms with E-state index in [0.717, 1.165) is 16.8 Å². The molecule has 5 nitrogen and oxygen atoms in total. The lowest BCUT2D eigenvalue weighted by Crippen LogP contribution is -2.31. The topological polar surface area (TPSA) is 60.9 Å². The minimum absolute atomic E-state index is 0.111. The largest absolute Gasteiger partial charge is 0.507 e. The maximum atomic E-state index is 13.1. The summed E-state index contributed by atoms with van der Waals surface area (Å²) >= 11 is 5.99. The van der Waals surface area contributed by atoms with Crippen LogP contribution in [0.25, 0.3) is 5.76 Å². The summed E-state index contributed by atoms with van der Waals surface area (Å²) in [5.74, 6) is -1.44. The van der Waals surface area contributed by atoms with Crippen LogP contribution in [0.4, 0.5) is 5.69 Å². The lowest BCUT2D eigenvalue weighted by molar-refractivity contribution is -0.139. The number of Topliss-reactive ketones (excluding diaryl/α,β-unsaturated/α-hetero) is 1. The second kappa shape index (κ2) is 9.51. The number of benzene rings is 3. The predicted molar refractivity (Wildman–Crippen MR) is 131 cm³/mol. The highest BCUT2D eigenvalue weighted by Crippen LogP contribution is 2.39. The highest BCUT2D eigenvalue weighted by molar-refractivity contribution is 6.46. The molecule has 0 aliphatic carbocycles. The van der Waals surface area contributed by atoms with Crippen LogP contribution in [0.15, 0.2) is 84.4 Å². The third kappa shape index (κ3) is 4.64. The molecule has 1 fully saturated rings. The maximum absolute atomic E-state index is 13.1. The third-order valence-corrected chi connectivity index (χ3v) is 6.12. The van der Waals surface area contributed by atoms with E-state index in [1.165, 1.54) is 0 Å². The number of hydrogen-bond donors (Lipinski definition) is 1. The normalized spacial score (nSPS) is 17.4. The van der Waals surface area contributed by atoms with Crippen LogP contribution >= 0.6 is 11.6 Å². The minimum atomic E-state index is -0.672. The van der Waals surface area contributed by atoms with Crippen LogP contribution in [0.3, 0.4) is 0 Å². The molecular weight excluding hydrogens is 436 g/mol. The monoisotopic (exact) mass is 460 g/mol. The number of carbonyl (C=O) groups is 2. The van der Waals surface area contributed by atoms with Gasteiger partial charge in [-0.15, -0.1) is 0 Å². The van der Waals surface area contributed by atoms with Gasteiger partial charge in [0.25, 0.3) is 11.7 Å². The Labute approximate surface area is 198 Å². The van der Waals surface area contributed by atoms with E-state index in [-0.39, 0.29) is 11.3 Å². The Morgan fingerprint density at radius 2 is 1.58 bits per heavy atom. The van der Waals surface area contributed by atoms with Gasteiger partial charge in [0.05, 0.1) is 11.6 Å². The van der Waals surface area contributed by atoms with Crippen molar-refractivity contribution in [1.82, 2.24) is 4.90 Å². The van der Waals surface area contributed by atoms with E-state index in [1.54, 1.807) is 41.3 Å². The molecule has 3 aromatic carbocycles. The summed E-state index contributed by atoms with van der Waals surface area (Å²) < 4.78 is 0. The van der Waals surface area contributed by atoms with Gasteiger partial charge in [-0.2, -0.15) is 0 Å². The molecule has 1 aliphatic rings. The van der Waals surface area contributed by atoms with Crippen LogP contribution in [-0.4, -0.2) is 42.3 Å². The average molecular weight is 461 g/mol. The molecule has 1 heterocycles. The number of ketones is 1. The van der Waals surface area contributed by atoms with Crippen molar-refractivity contribution < 1.29 is 14.7 Å². The Hall–Kier alpha value is -3.57. The number of likely N-dealkylation sites (tertiary alicyclic amines) is 1. The molecule has 1 unspecified atom stereocenters. The van der Waals surface area contributed by atoms with Gasteiger partial charge in [0.2, 0.25) is 0 Å². The second-order valence-electron chi connectivity index (χ2n) is 8.22. The van der Waals surface area contributed by atoms with Crippen LogP contribution in [0.5, 0.6) is 0 Å². The highest BCUT2D eigenvalue weighted by atomic mass is 35.5. The molecular formula is C27H25ClN2O3. The third-order valence-electron chi connectivity index (χ3n) is 5.87.